The van der Waals surface area contributed by atoms with Crippen molar-refractivity contribution in [1.29, 1.82) is 0 Å². The van der Waals surface area contributed by atoms with Crippen LogP contribution in [0.25, 0.3) is 0 Å². The standard InChI is InChI=1S/C15H28N2O3/c1-4-12-7-5-6-8-13(12)16-15(20)17(9-11(2)3)10-14(18)19/h11-13H,4-10H2,1-3H3,(H,16,20)(H,18,19). The second-order valence-corrected chi connectivity index (χ2v) is 6.18. The van der Waals surface area contributed by atoms with Crippen LogP contribution in [-0.2, 0) is 4.79 Å². The summed E-state index contributed by atoms with van der Waals surface area (Å²) < 4.78 is 0. The monoisotopic (exact) mass is 284 g/mol. The van der Waals surface area contributed by atoms with Gasteiger partial charge in [0.1, 0.15) is 6.54 Å². The van der Waals surface area contributed by atoms with Gasteiger partial charge >= 0.3 is 12.0 Å². The number of carbonyl (C=O) groups excluding carboxylic acids is 1. The highest BCUT2D eigenvalue weighted by atomic mass is 16.4. The summed E-state index contributed by atoms with van der Waals surface area (Å²) in [6.07, 6.45) is 5.60. The quantitative estimate of drug-likeness (QED) is 0.788. The van der Waals surface area contributed by atoms with Gasteiger partial charge < -0.3 is 15.3 Å². The van der Waals surface area contributed by atoms with E-state index in [2.05, 4.69) is 12.2 Å². The Morgan fingerprint density at radius 3 is 2.50 bits per heavy atom. The maximum absolute atomic E-state index is 12.3. The van der Waals surface area contributed by atoms with Crippen LogP contribution in [0.3, 0.4) is 0 Å². The molecule has 0 saturated heterocycles. The van der Waals surface area contributed by atoms with Crippen molar-refractivity contribution < 1.29 is 14.7 Å². The summed E-state index contributed by atoms with van der Waals surface area (Å²) in [6.45, 7) is 6.36. The molecule has 2 unspecified atom stereocenters. The van der Waals surface area contributed by atoms with Gasteiger partial charge in [-0.05, 0) is 24.7 Å². The Morgan fingerprint density at radius 1 is 1.30 bits per heavy atom. The van der Waals surface area contributed by atoms with E-state index in [-0.39, 0.29) is 24.5 Å². The topological polar surface area (TPSA) is 69.6 Å². The van der Waals surface area contributed by atoms with E-state index < -0.39 is 5.97 Å². The Labute approximate surface area is 121 Å². The van der Waals surface area contributed by atoms with Gasteiger partial charge in [0.15, 0.2) is 0 Å². The Kier molecular flexibility index (Phi) is 6.82. The van der Waals surface area contributed by atoms with Crippen LogP contribution in [0.5, 0.6) is 0 Å². The largest absolute Gasteiger partial charge is 0.480 e. The Hall–Kier alpha value is -1.26. The maximum atomic E-state index is 12.3. The van der Waals surface area contributed by atoms with Crippen LogP contribution in [0.2, 0.25) is 0 Å². The Balaban J connectivity index is 2.61. The number of carboxylic acid groups (broad SMARTS) is 1. The minimum atomic E-state index is -0.962. The molecule has 0 radical (unpaired) electrons. The summed E-state index contributed by atoms with van der Waals surface area (Å²) in [4.78, 5) is 24.6. The number of aliphatic carboxylic acids is 1. The Bertz CT molecular complexity index is 331. The van der Waals surface area contributed by atoms with Crippen LogP contribution < -0.4 is 5.32 Å². The van der Waals surface area contributed by atoms with Gasteiger partial charge in [-0.1, -0.05) is 40.0 Å². The number of rotatable bonds is 6. The number of carboxylic acids is 1. The van der Waals surface area contributed by atoms with Gasteiger partial charge in [-0.25, -0.2) is 4.79 Å². The molecule has 116 valence electrons. The number of hydrogen-bond acceptors (Lipinski definition) is 2. The summed E-state index contributed by atoms with van der Waals surface area (Å²) in [5.74, 6) is -0.177. The zero-order chi connectivity index (χ0) is 15.1. The van der Waals surface area contributed by atoms with Crippen LogP contribution in [0.15, 0.2) is 0 Å². The first-order chi connectivity index (χ1) is 9.43. The lowest BCUT2D eigenvalue weighted by Gasteiger charge is -2.33. The zero-order valence-electron chi connectivity index (χ0n) is 12.9. The van der Waals surface area contributed by atoms with Crippen molar-refractivity contribution in [3.05, 3.63) is 0 Å². The fourth-order valence-corrected chi connectivity index (χ4v) is 2.96. The van der Waals surface area contributed by atoms with Crippen LogP contribution in [-0.4, -0.2) is 41.1 Å². The molecule has 1 aliphatic rings. The first-order valence-electron chi connectivity index (χ1n) is 7.71. The minimum absolute atomic E-state index is 0.199. The van der Waals surface area contributed by atoms with Crippen LogP contribution in [0.1, 0.15) is 52.9 Å². The molecule has 5 nitrogen and oxygen atoms in total. The number of nitrogens with zero attached hydrogens (tertiary/aromatic N) is 1. The minimum Gasteiger partial charge on any atom is -0.480 e. The molecule has 0 aromatic carbocycles. The number of nitrogens with one attached hydrogen (secondary N) is 1. The van der Waals surface area contributed by atoms with Gasteiger partial charge in [0.2, 0.25) is 0 Å². The molecular formula is C15H28N2O3. The van der Waals surface area contributed by atoms with Gasteiger partial charge in [-0.3, -0.25) is 4.79 Å². The van der Waals surface area contributed by atoms with E-state index in [0.29, 0.717) is 12.5 Å². The summed E-state index contributed by atoms with van der Waals surface area (Å²) in [5.41, 5.74) is 0. The second-order valence-electron chi connectivity index (χ2n) is 6.18. The SMILES string of the molecule is CCC1CCCCC1NC(=O)N(CC(=O)O)CC(C)C. The molecule has 1 rings (SSSR count). The van der Waals surface area contributed by atoms with Crippen LogP contribution >= 0.6 is 0 Å². The number of amides is 2. The molecule has 2 amide bonds. The van der Waals surface area contributed by atoms with E-state index in [0.717, 1.165) is 25.7 Å². The van der Waals surface area contributed by atoms with Gasteiger partial charge in [-0.15, -0.1) is 0 Å². The molecule has 0 spiro atoms. The van der Waals surface area contributed by atoms with Crippen molar-refractivity contribution in [2.75, 3.05) is 13.1 Å². The third kappa shape index (κ3) is 5.39. The highest BCUT2D eigenvalue weighted by Crippen LogP contribution is 2.26. The van der Waals surface area contributed by atoms with E-state index >= 15 is 0 Å². The molecule has 0 heterocycles. The highest BCUT2D eigenvalue weighted by Gasteiger charge is 2.27. The third-order valence-electron chi connectivity index (χ3n) is 3.94. The van der Waals surface area contributed by atoms with Gasteiger partial charge in [0.25, 0.3) is 0 Å². The van der Waals surface area contributed by atoms with Crippen molar-refractivity contribution in [1.82, 2.24) is 10.2 Å². The first kappa shape index (κ1) is 16.8. The second kappa shape index (κ2) is 8.12. The van der Waals surface area contributed by atoms with Crippen molar-refractivity contribution in [2.24, 2.45) is 11.8 Å². The van der Waals surface area contributed by atoms with Crippen molar-refractivity contribution in [3.63, 3.8) is 0 Å². The molecule has 0 aliphatic heterocycles. The lowest BCUT2D eigenvalue weighted by atomic mass is 9.83. The van der Waals surface area contributed by atoms with E-state index in [9.17, 15) is 9.59 Å². The molecule has 0 aromatic heterocycles. The van der Waals surface area contributed by atoms with Crippen molar-refractivity contribution in [3.8, 4) is 0 Å². The maximum Gasteiger partial charge on any atom is 0.323 e. The molecule has 1 saturated carbocycles. The van der Waals surface area contributed by atoms with Crippen LogP contribution in [0.4, 0.5) is 4.79 Å². The van der Waals surface area contributed by atoms with E-state index in [4.69, 9.17) is 5.11 Å². The lowest BCUT2D eigenvalue weighted by molar-refractivity contribution is -0.137. The van der Waals surface area contributed by atoms with Crippen molar-refractivity contribution in [2.45, 2.75) is 58.9 Å². The molecule has 0 bridgehead atoms. The number of urea groups is 1. The van der Waals surface area contributed by atoms with E-state index in [1.807, 2.05) is 13.8 Å². The average molecular weight is 284 g/mol. The molecular weight excluding hydrogens is 256 g/mol. The highest BCUT2D eigenvalue weighted by molar-refractivity contribution is 5.80. The van der Waals surface area contributed by atoms with E-state index in [1.54, 1.807) is 0 Å². The predicted molar refractivity (Wildman–Crippen MR) is 78.6 cm³/mol. The molecule has 5 heteroatoms. The van der Waals surface area contributed by atoms with Gasteiger partial charge in [0.05, 0.1) is 0 Å². The molecule has 2 N–H and O–H groups in total. The van der Waals surface area contributed by atoms with Gasteiger partial charge in [0, 0.05) is 12.6 Å². The lowest BCUT2D eigenvalue weighted by Crippen LogP contribution is -2.50. The average Bonchev–Trinajstić information content (AvgIpc) is 2.37. The molecule has 0 aromatic rings. The Morgan fingerprint density at radius 2 is 1.95 bits per heavy atom. The fourth-order valence-electron chi connectivity index (χ4n) is 2.96. The molecule has 1 fully saturated rings. The number of carbonyl (C=O) groups is 2. The zero-order valence-corrected chi connectivity index (χ0v) is 12.9. The summed E-state index contributed by atoms with van der Waals surface area (Å²) in [6, 6.07) is -0.0313. The number of hydrogen-bond donors (Lipinski definition) is 2. The summed E-state index contributed by atoms with van der Waals surface area (Å²) in [5, 5.41) is 12.0. The molecule has 2 atom stereocenters. The fraction of sp³-hybridized carbons (Fsp3) is 0.867. The predicted octanol–water partition coefficient (Wildman–Crippen LogP) is 2.71. The third-order valence-corrected chi connectivity index (χ3v) is 3.94. The van der Waals surface area contributed by atoms with Gasteiger partial charge in [-0.2, -0.15) is 0 Å². The van der Waals surface area contributed by atoms with E-state index in [1.165, 1.54) is 11.3 Å². The summed E-state index contributed by atoms with van der Waals surface area (Å²) in [7, 11) is 0. The summed E-state index contributed by atoms with van der Waals surface area (Å²) >= 11 is 0. The molecule has 1 aliphatic carbocycles. The normalized spacial score (nSPS) is 22.6. The first-order valence-corrected chi connectivity index (χ1v) is 7.71. The van der Waals surface area contributed by atoms with Crippen LogP contribution in [0, 0.1) is 11.8 Å². The van der Waals surface area contributed by atoms with Crippen molar-refractivity contribution >= 4 is 12.0 Å². The smallest absolute Gasteiger partial charge is 0.323 e. The molecule has 20 heavy (non-hydrogen) atoms.